The van der Waals surface area contributed by atoms with Crippen LogP contribution in [0.1, 0.15) is 41.7 Å². The number of rotatable bonds is 2. The van der Waals surface area contributed by atoms with Crippen molar-refractivity contribution in [3.8, 4) is 0 Å². The van der Waals surface area contributed by atoms with Gasteiger partial charge in [0, 0.05) is 37.6 Å². The van der Waals surface area contributed by atoms with Crippen LogP contribution in [0.15, 0.2) is 24.3 Å². The van der Waals surface area contributed by atoms with Gasteiger partial charge in [0.15, 0.2) is 6.10 Å². The first-order valence-electron chi connectivity index (χ1n) is 10.3. The number of hydrogen-bond acceptors (Lipinski definition) is 3. The second-order valence-corrected chi connectivity index (χ2v) is 8.00. The summed E-state index contributed by atoms with van der Waals surface area (Å²) in [7, 11) is 1.92. The third kappa shape index (κ3) is 3.65. The van der Waals surface area contributed by atoms with Gasteiger partial charge in [0.2, 0.25) is 0 Å². The Labute approximate surface area is 166 Å². The van der Waals surface area contributed by atoms with Crippen molar-refractivity contribution in [2.24, 2.45) is 7.05 Å². The van der Waals surface area contributed by atoms with E-state index in [1.54, 1.807) is 4.90 Å². The van der Waals surface area contributed by atoms with E-state index in [1.165, 1.54) is 18.4 Å². The molecule has 2 fully saturated rings. The van der Waals surface area contributed by atoms with Crippen LogP contribution in [0, 0.1) is 6.92 Å². The van der Waals surface area contributed by atoms with Gasteiger partial charge in [-0.3, -0.25) is 9.59 Å². The minimum atomic E-state index is -0.548. The Kier molecular flexibility index (Phi) is 5.40. The first kappa shape index (κ1) is 19.0. The summed E-state index contributed by atoms with van der Waals surface area (Å²) in [6.45, 7) is 4.90. The summed E-state index contributed by atoms with van der Waals surface area (Å²) in [5, 5.41) is 1.07. The Morgan fingerprint density at radius 3 is 2.50 bits per heavy atom. The fourth-order valence-corrected chi connectivity index (χ4v) is 4.31. The van der Waals surface area contributed by atoms with Gasteiger partial charge in [-0.05, 0) is 38.0 Å². The highest BCUT2D eigenvalue weighted by atomic mass is 16.5. The Balaban J connectivity index is 1.50. The van der Waals surface area contributed by atoms with Gasteiger partial charge in [-0.1, -0.05) is 24.5 Å². The lowest BCUT2D eigenvalue weighted by Gasteiger charge is -2.34. The first-order valence-corrected chi connectivity index (χ1v) is 10.3. The van der Waals surface area contributed by atoms with E-state index in [4.69, 9.17) is 4.74 Å². The third-order valence-corrected chi connectivity index (χ3v) is 5.96. The molecule has 0 spiro atoms. The molecule has 3 heterocycles. The van der Waals surface area contributed by atoms with Crippen LogP contribution in [0.25, 0.3) is 10.9 Å². The predicted octanol–water partition coefficient (Wildman–Crippen LogP) is 2.73. The monoisotopic (exact) mass is 383 g/mol. The van der Waals surface area contributed by atoms with Crippen molar-refractivity contribution in [3.63, 3.8) is 0 Å². The molecular weight excluding hydrogens is 354 g/mol. The minimum absolute atomic E-state index is 0.0340. The van der Waals surface area contributed by atoms with Crippen LogP contribution in [-0.4, -0.2) is 65.1 Å². The third-order valence-electron chi connectivity index (χ3n) is 5.96. The second kappa shape index (κ2) is 7.95. The molecule has 0 saturated carbocycles. The average Bonchev–Trinajstić information content (AvgIpc) is 2.89. The lowest BCUT2D eigenvalue weighted by molar-refractivity contribution is -0.148. The summed E-state index contributed by atoms with van der Waals surface area (Å²) in [6, 6.07) is 8.15. The quantitative estimate of drug-likeness (QED) is 0.801. The Hall–Kier alpha value is -2.34. The van der Waals surface area contributed by atoms with Gasteiger partial charge >= 0.3 is 0 Å². The van der Waals surface area contributed by atoms with Crippen molar-refractivity contribution in [2.75, 3.05) is 32.8 Å². The molecule has 28 heavy (non-hydrogen) atoms. The molecule has 2 aliphatic rings. The molecule has 6 heteroatoms. The maximum absolute atomic E-state index is 13.2. The molecule has 0 bridgehead atoms. The van der Waals surface area contributed by atoms with E-state index in [1.807, 2.05) is 28.6 Å². The second-order valence-electron chi connectivity index (χ2n) is 8.00. The molecule has 0 aliphatic carbocycles. The highest BCUT2D eigenvalue weighted by molar-refractivity contribution is 5.99. The molecule has 2 amide bonds. The summed E-state index contributed by atoms with van der Waals surface area (Å²) in [5.41, 5.74) is 2.87. The van der Waals surface area contributed by atoms with Crippen LogP contribution in [0.2, 0.25) is 0 Å². The van der Waals surface area contributed by atoms with Gasteiger partial charge in [-0.2, -0.15) is 0 Å². The van der Waals surface area contributed by atoms with Crippen LogP contribution in [0.3, 0.4) is 0 Å². The zero-order chi connectivity index (χ0) is 19.7. The number of nitrogens with zero attached hydrogens (tertiary/aromatic N) is 3. The normalized spacial score (nSPS) is 21.0. The number of aromatic nitrogens is 1. The fraction of sp³-hybridized carbons (Fsp3) is 0.545. The number of amides is 2. The zero-order valence-electron chi connectivity index (χ0n) is 16.8. The molecule has 2 saturated heterocycles. The molecule has 2 aliphatic heterocycles. The van der Waals surface area contributed by atoms with Crippen LogP contribution in [0.4, 0.5) is 0 Å². The fourth-order valence-electron chi connectivity index (χ4n) is 4.31. The number of fused-ring (bicyclic) bond motifs is 1. The maximum atomic E-state index is 13.2. The van der Waals surface area contributed by atoms with Gasteiger partial charge in [0.25, 0.3) is 11.8 Å². The van der Waals surface area contributed by atoms with Crippen molar-refractivity contribution < 1.29 is 14.3 Å². The molecule has 0 unspecified atom stereocenters. The molecule has 0 N–H and O–H groups in total. The molecule has 2 aromatic rings. The van der Waals surface area contributed by atoms with Crippen LogP contribution in [0.5, 0.6) is 0 Å². The van der Waals surface area contributed by atoms with Gasteiger partial charge in [-0.25, -0.2) is 0 Å². The van der Waals surface area contributed by atoms with Crippen LogP contribution >= 0.6 is 0 Å². The number of likely N-dealkylation sites (tertiary alicyclic amines) is 1. The summed E-state index contributed by atoms with van der Waals surface area (Å²) in [5.74, 6) is 0.000358. The Morgan fingerprint density at radius 2 is 1.75 bits per heavy atom. The molecule has 6 nitrogen and oxygen atoms in total. The average molecular weight is 383 g/mol. The lowest BCUT2D eigenvalue weighted by Crippen LogP contribution is -2.53. The standard InChI is InChI=1S/C22H29N3O3/c1-16-7-8-18-17(13-16)14-19(23(18)2)21(26)25-11-12-28-20(15-25)22(27)24-9-5-3-4-6-10-24/h7-8,13-14,20H,3-6,9-12,15H2,1-2H3/t20-/m1/s1. The molecule has 4 rings (SSSR count). The summed E-state index contributed by atoms with van der Waals surface area (Å²) < 4.78 is 7.71. The summed E-state index contributed by atoms with van der Waals surface area (Å²) >= 11 is 0. The van der Waals surface area contributed by atoms with Gasteiger partial charge in [0.1, 0.15) is 5.69 Å². The topological polar surface area (TPSA) is 54.8 Å². The smallest absolute Gasteiger partial charge is 0.270 e. The van der Waals surface area contributed by atoms with Crippen molar-refractivity contribution in [1.82, 2.24) is 14.4 Å². The molecule has 1 aromatic heterocycles. The zero-order valence-corrected chi connectivity index (χ0v) is 16.8. The number of carbonyl (C=O) groups excluding carboxylic acids is 2. The van der Waals surface area contributed by atoms with Crippen molar-refractivity contribution in [3.05, 3.63) is 35.5 Å². The molecule has 1 atom stereocenters. The first-order chi connectivity index (χ1) is 13.5. The van der Waals surface area contributed by atoms with Crippen LogP contribution < -0.4 is 0 Å². The van der Waals surface area contributed by atoms with E-state index in [-0.39, 0.29) is 11.8 Å². The molecule has 1 aromatic carbocycles. The minimum Gasteiger partial charge on any atom is -0.365 e. The van der Waals surface area contributed by atoms with E-state index in [2.05, 4.69) is 19.1 Å². The largest absolute Gasteiger partial charge is 0.365 e. The predicted molar refractivity (Wildman–Crippen MR) is 108 cm³/mol. The number of ether oxygens (including phenoxy) is 1. The van der Waals surface area contributed by atoms with Crippen molar-refractivity contribution in [2.45, 2.75) is 38.7 Å². The van der Waals surface area contributed by atoms with Crippen molar-refractivity contribution >= 4 is 22.7 Å². The van der Waals surface area contributed by atoms with Crippen molar-refractivity contribution in [1.29, 1.82) is 0 Å². The molecule has 0 radical (unpaired) electrons. The lowest BCUT2D eigenvalue weighted by atomic mass is 10.2. The number of benzene rings is 1. The van der Waals surface area contributed by atoms with Gasteiger partial charge in [-0.15, -0.1) is 0 Å². The number of aryl methyl sites for hydroxylation is 2. The van der Waals surface area contributed by atoms with Crippen LogP contribution in [-0.2, 0) is 16.6 Å². The maximum Gasteiger partial charge on any atom is 0.270 e. The van der Waals surface area contributed by atoms with Gasteiger partial charge < -0.3 is 19.1 Å². The van der Waals surface area contributed by atoms with E-state index in [0.29, 0.717) is 25.4 Å². The Bertz CT molecular complexity index is 881. The molecular formula is C22H29N3O3. The highest BCUT2D eigenvalue weighted by Crippen LogP contribution is 2.22. The van der Waals surface area contributed by atoms with E-state index in [9.17, 15) is 9.59 Å². The molecule has 150 valence electrons. The Morgan fingerprint density at radius 1 is 1.00 bits per heavy atom. The van der Waals surface area contributed by atoms with E-state index in [0.717, 1.165) is 36.8 Å². The summed E-state index contributed by atoms with van der Waals surface area (Å²) in [4.78, 5) is 29.8. The number of hydrogen-bond donors (Lipinski definition) is 0. The SMILES string of the molecule is Cc1ccc2c(c1)cc(C(=O)N1CCO[C@@H](C(=O)N3CCCCCC3)C1)n2C. The van der Waals surface area contributed by atoms with E-state index >= 15 is 0 Å². The summed E-state index contributed by atoms with van der Waals surface area (Å²) in [6.07, 6.45) is 3.92. The highest BCUT2D eigenvalue weighted by Gasteiger charge is 2.33. The number of carbonyl (C=O) groups is 2. The van der Waals surface area contributed by atoms with Gasteiger partial charge in [0.05, 0.1) is 13.2 Å². The van der Waals surface area contributed by atoms with E-state index < -0.39 is 6.10 Å². The number of morpholine rings is 1.